The molecule has 1 amide bonds. The molecule has 1 aromatic heterocycles. The van der Waals surface area contributed by atoms with Crippen molar-refractivity contribution in [3.63, 3.8) is 0 Å². The summed E-state index contributed by atoms with van der Waals surface area (Å²) in [6.45, 7) is 6.20. The zero-order valence-corrected chi connectivity index (χ0v) is 19.2. The molecule has 0 aliphatic carbocycles. The number of carbonyl (C=O) groups is 1. The number of rotatable bonds is 9. The fourth-order valence-corrected chi connectivity index (χ4v) is 4.47. The van der Waals surface area contributed by atoms with Crippen LogP contribution in [0, 0.1) is 5.92 Å². The van der Waals surface area contributed by atoms with Crippen molar-refractivity contribution in [3.8, 4) is 5.75 Å². The van der Waals surface area contributed by atoms with E-state index in [4.69, 9.17) is 9.15 Å². The highest BCUT2D eigenvalue weighted by Crippen LogP contribution is 2.20. The third-order valence-corrected chi connectivity index (χ3v) is 6.30. The predicted molar refractivity (Wildman–Crippen MR) is 121 cm³/mol. The van der Waals surface area contributed by atoms with Crippen LogP contribution in [0.25, 0.3) is 11.1 Å². The first-order chi connectivity index (χ1) is 15.1. The maximum absolute atomic E-state index is 13.0. The number of ether oxygens (including phenoxy) is 1. The van der Waals surface area contributed by atoms with E-state index in [-0.39, 0.29) is 16.4 Å². The number of aryl methyl sites for hydroxylation is 1. The van der Waals surface area contributed by atoms with Gasteiger partial charge in [0.2, 0.25) is 15.9 Å². The summed E-state index contributed by atoms with van der Waals surface area (Å²) in [6, 6.07) is 9.97. The minimum atomic E-state index is -4.05. The molecule has 32 heavy (non-hydrogen) atoms. The van der Waals surface area contributed by atoms with Crippen LogP contribution in [0.2, 0.25) is 0 Å². The van der Waals surface area contributed by atoms with E-state index in [1.165, 1.54) is 29.8 Å². The third kappa shape index (κ3) is 5.38. The number of hydrogen-bond acceptors (Lipinski definition) is 6. The predicted octanol–water partition coefficient (Wildman–Crippen LogP) is 2.86. The number of nitrogens with zero attached hydrogens (tertiary/aromatic N) is 1. The van der Waals surface area contributed by atoms with Gasteiger partial charge in [0.05, 0.1) is 17.0 Å². The SMILES string of the molecule is CCOc1ccc(NC(=O)[C@H](CC(C)C)NS(=O)(=O)c2ccc3c(c2)oc(=O)n3C)cc1. The lowest BCUT2D eigenvalue weighted by molar-refractivity contribution is -0.118. The van der Waals surface area contributed by atoms with Gasteiger partial charge in [-0.3, -0.25) is 9.36 Å². The minimum Gasteiger partial charge on any atom is -0.494 e. The summed E-state index contributed by atoms with van der Waals surface area (Å²) in [4.78, 5) is 24.5. The van der Waals surface area contributed by atoms with Gasteiger partial charge in [-0.15, -0.1) is 0 Å². The molecule has 0 unspecified atom stereocenters. The molecule has 3 rings (SSSR count). The van der Waals surface area contributed by atoms with Crippen LogP contribution >= 0.6 is 0 Å². The summed E-state index contributed by atoms with van der Waals surface area (Å²) >= 11 is 0. The van der Waals surface area contributed by atoms with Gasteiger partial charge < -0.3 is 14.5 Å². The van der Waals surface area contributed by atoms with E-state index in [0.29, 0.717) is 30.0 Å². The van der Waals surface area contributed by atoms with E-state index in [0.717, 1.165) is 0 Å². The molecule has 3 aromatic rings. The first kappa shape index (κ1) is 23.6. The van der Waals surface area contributed by atoms with Crippen molar-refractivity contribution < 1.29 is 22.4 Å². The standard InChI is InChI=1S/C22H27N3O6S/c1-5-30-16-8-6-15(7-9-16)23-21(26)18(12-14(2)3)24-32(28,29)17-10-11-19-20(13-17)31-22(27)25(19)4/h6-11,13-14,18,24H,5,12H2,1-4H3,(H,23,26)/t18-/m0/s1. The second kappa shape index (κ2) is 9.58. The van der Waals surface area contributed by atoms with E-state index in [2.05, 4.69) is 10.0 Å². The summed E-state index contributed by atoms with van der Waals surface area (Å²) in [5.41, 5.74) is 1.15. The van der Waals surface area contributed by atoms with Crippen molar-refractivity contribution in [2.24, 2.45) is 13.0 Å². The molecule has 9 nitrogen and oxygen atoms in total. The highest BCUT2D eigenvalue weighted by molar-refractivity contribution is 7.89. The average Bonchev–Trinajstić information content (AvgIpc) is 3.02. The maximum atomic E-state index is 13.0. The molecule has 172 valence electrons. The van der Waals surface area contributed by atoms with E-state index in [9.17, 15) is 18.0 Å². The molecule has 2 aromatic carbocycles. The quantitative estimate of drug-likeness (QED) is 0.506. The van der Waals surface area contributed by atoms with Gasteiger partial charge in [0.15, 0.2) is 5.58 Å². The van der Waals surface area contributed by atoms with Crippen molar-refractivity contribution in [1.29, 1.82) is 0 Å². The molecule has 0 aliphatic heterocycles. The number of anilines is 1. The summed E-state index contributed by atoms with van der Waals surface area (Å²) < 4.78 is 40.2. The summed E-state index contributed by atoms with van der Waals surface area (Å²) in [5.74, 6) is -0.329. The number of hydrogen-bond donors (Lipinski definition) is 2. The Morgan fingerprint density at radius 1 is 1.16 bits per heavy atom. The Hall–Kier alpha value is -3.11. The highest BCUT2D eigenvalue weighted by atomic mass is 32.2. The summed E-state index contributed by atoms with van der Waals surface area (Å²) in [5, 5.41) is 2.75. The van der Waals surface area contributed by atoms with Crippen molar-refractivity contribution in [2.75, 3.05) is 11.9 Å². The van der Waals surface area contributed by atoms with Crippen molar-refractivity contribution in [3.05, 3.63) is 53.0 Å². The van der Waals surface area contributed by atoms with E-state index in [1.54, 1.807) is 24.3 Å². The molecule has 0 bridgehead atoms. The van der Waals surface area contributed by atoms with Gasteiger partial charge in [-0.25, -0.2) is 13.2 Å². The van der Waals surface area contributed by atoms with Gasteiger partial charge in [0.1, 0.15) is 11.8 Å². The monoisotopic (exact) mass is 461 g/mol. The molecule has 0 aliphatic rings. The van der Waals surface area contributed by atoms with Crippen LogP contribution in [-0.2, 0) is 21.9 Å². The van der Waals surface area contributed by atoms with Gasteiger partial charge in [-0.05, 0) is 55.7 Å². The number of carbonyl (C=O) groups excluding carboxylic acids is 1. The molecule has 1 heterocycles. The largest absolute Gasteiger partial charge is 0.494 e. The summed E-state index contributed by atoms with van der Waals surface area (Å²) in [7, 11) is -2.52. The van der Waals surface area contributed by atoms with Gasteiger partial charge in [0.25, 0.3) is 0 Å². The molecular formula is C22H27N3O6S. The van der Waals surface area contributed by atoms with Gasteiger partial charge >= 0.3 is 5.76 Å². The van der Waals surface area contributed by atoms with Gasteiger partial charge in [0, 0.05) is 18.8 Å². The van der Waals surface area contributed by atoms with E-state index < -0.39 is 27.7 Å². The van der Waals surface area contributed by atoms with Crippen molar-refractivity contribution in [1.82, 2.24) is 9.29 Å². The maximum Gasteiger partial charge on any atom is 0.419 e. The molecule has 10 heteroatoms. The van der Waals surface area contributed by atoms with Crippen LogP contribution in [0.1, 0.15) is 27.2 Å². The van der Waals surface area contributed by atoms with Crippen LogP contribution in [0.3, 0.4) is 0 Å². The highest BCUT2D eigenvalue weighted by Gasteiger charge is 2.27. The third-order valence-electron chi connectivity index (χ3n) is 4.83. The second-order valence-corrected chi connectivity index (χ2v) is 9.52. The topological polar surface area (TPSA) is 120 Å². The Bertz CT molecular complexity index is 1260. The van der Waals surface area contributed by atoms with Crippen LogP contribution in [0.4, 0.5) is 5.69 Å². The Morgan fingerprint density at radius 3 is 2.47 bits per heavy atom. The van der Waals surface area contributed by atoms with Crippen molar-refractivity contribution >= 4 is 32.7 Å². The van der Waals surface area contributed by atoms with Crippen LogP contribution in [0.5, 0.6) is 5.75 Å². The normalized spacial score (nSPS) is 12.8. The Morgan fingerprint density at radius 2 is 1.84 bits per heavy atom. The Balaban J connectivity index is 1.82. The number of fused-ring (bicyclic) bond motifs is 1. The Labute approximate surface area is 186 Å². The summed E-state index contributed by atoms with van der Waals surface area (Å²) in [6.07, 6.45) is 0.296. The van der Waals surface area contributed by atoms with Crippen LogP contribution in [0.15, 0.2) is 56.6 Å². The smallest absolute Gasteiger partial charge is 0.419 e. The number of aromatic nitrogens is 1. The van der Waals surface area contributed by atoms with Gasteiger partial charge in [-0.2, -0.15) is 4.72 Å². The van der Waals surface area contributed by atoms with Crippen LogP contribution < -0.4 is 20.5 Å². The number of nitrogens with one attached hydrogen (secondary N) is 2. The molecule has 1 atom stereocenters. The zero-order valence-electron chi connectivity index (χ0n) is 18.4. The average molecular weight is 462 g/mol. The van der Waals surface area contributed by atoms with Crippen molar-refractivity contribution in [2.45, 2.75) is 38.1 Å². The molecular weight excluding hydrogens is 434 g/mol. The molecule has 0 spiro atoms. The molecule has 0 radical (unpaired) electrons. The Kier molecular flexibility index (Phi) is 7.05. The fraction of sp³-hybridized carbons (Fsp3) is 0.364. The number of benzene rings is 2. The second-order valence-electron chi connectivity index (χ2n) is 7.81. The number of sulfonamides is 1. The lowest BCUT2D eigenvalue weighted by atomic mass is 10.0. The number of oxazole rings is 1. The van der Waals surface area contributed by atoms with Crippen LogP contribution in [-0.4, -0.2) is 31.5 Å². The first-order valence-corrected chi connectivity index (χ1v) is 11.7. The fourth-order valence-electron chi connectivity index (χ4n) is 3.25. The van der Waals surface area contributed by atoms with E-state index in [1.807, 2.05) is 20.8 Å². The first-order valence-electron chi connectivity index (χ1n) is 10.3. The van der Waals surface area contributed by atoms with Gasteiger partial charge in [-0.1, -0.05) is 13.8 Å². The zero-order chi connectivity index (χ0) is 23.5. The molecule has 0 fully saturated rings. The molecule has 0 saturated heterocycles. The molecule has 2 N–H and O–H groups in total. The lowest BCUT2D eigenvalue weighted by Crippen LogP contribution is -2.44. The number of amides is 1. The minimum absolute atomic E-state index is 0.0587. The lowest BCUT2D eigenvalue weighted by Gasteiger charge is -2.20. The van der Waals surface area contributed by atoms with E-state index >= 15 is 0 Å². The molecule has 0 saturated carbocycles.